The van der Waals surface area contributed by atoms with Crippen LogP contribution in [0.25, 0.3) is 0 Å². The van der Waals surface area contributed by atoms with E-state index in [9.17, 15) is 4.79 Å². The molecule has 1 amide bonds. The van der Waals surface area contributed by atoms with Gasteiger partial charge in [0.05, 0.1) is 20.8 Å². The van der Waals surface area contributed by atoms with Crippen molar-refractivity contribution in [3.63, 3.8) is 0 Å². The predicted octanol–water partition coefficient (Wildman–Crippen LogP) is 5.43. The number of hydrogen-bond donors (Lipinski definition) is 1. The summed E-state index contributed by atoms with van der Waals surface area (Å²) in [6.45, 7) is 2.74. The lowest BCUT2D eigenvalue weighted by atomic mass is 10.00. The van der Waals surface area contributed by atoms with E-state index in [1.54, 1.807) is 6.07 Å². The van der Waals surface area contributed by atoms with Gasteiger partial charge in [0, 0.05) is 12.2 Å². The van der Waals surface area contributed by atoms with Gasteiger partial charge in [0.1, 0.15) is 6.04 Å². The van der Waals surface area contributed by atoms with Crippen LogP contribution < -0.4 is 10.2 Å². The molecule has 1 aliphatic heterocycles. The lowest BCUT2D eigenvalue weighted by Gasteiger charge is -2.35. The summed E-state index contributed by atoms with van der Waals surface area (Å²) < 4.78 is 0. The molecule has 0 spiro atoms. The fourth-order valence-electron chi connectivity index (χ4n) is 2.96. The third-order valence-corrected chi connectivity index (χ3v) is 5.30. The molecule has 0 aromatic heterocycles. The van der Waals surface area contributed by atoms with Gasteiger partial charge in [0.15, 0.2) is 0 Å². The lowest BCUT2D eigenvalue weighted by molar-refractivity contribution is -0.117. The highest BCUT2D eigenvalue weighted by molar-refractivity contribution is 6.44. The molecule has 2 aromatic rings. The Morgan fingerprint density at radius 2 is 1.83 bits per heavy atom. The first kappa shape index (κ1) is 17.4. The van der Waals surface area contributed by atoms with E-state index in [0.717, 1.165) is 25.1 Å². The number of hydrogen-bond acceptors (Lipinski definition) is 2. The van der Waals surface area contributed by atoms with Crippen molar-refractivity contribution >= 4 is 52.1 Å². The summed E-state index contributed by atoms with van der Waals surface area (Å²) >= 11 is 18.1. The van der Waals surface area contributed by atoms with Crippen LogP contribution in [0.5, 0.6) is 0 Å². The van der Waals surface area contributed by atoms with Crippen LogP contribution >= 0.6 is 34.8 Å². The number of amides is 1. The molecule has 0 bridgehead atoms. The number of para-hydroxylation sites is 1. The summed E-state index contributed by atoms with van der Waals surface area (Å²) in [6.07, 6.45) is 2.07. The second kappa shape index (κ2) is 7.22. The van der Waals surface area contributed by atoms with Crippen molar-refractivity contribution in [1.29, 1.82) is 0 Å². The quantitative estimate of drug-likeness (QED) is 0.717. The van der Waals surface area contributed by atoms with Crippen molar-refractivity contribution in [2.24, 2.45) is 0 Å². The number of aryl methyl sites for hydroxylation is 1. The maximum atomic E-state index is 12.7. The topological polar surface area (TPSA) is 32.3 Å². The van der Waals surface area contributed by atoms with Gasteiger partial charge in [-0.1, -0.05) is 53.0 Å². The Hall–Kier alpha value is -1.42. The molecule has 2 aromatic carbocycles. The molecule has 126 valence electrons. The summed E-state index contributed by atoms with van der Waals surface area (Å²) in [6, 6.07) is 11.0. The van der Waals surface area contributed by atoms with E-state index in [0.29, 0.717) is 20.8 Å². The molecule has 0 unspecified atom stereocenters. The Kier molecular flexibility index (Phi) is 5.24. The van der Waals surface area contributed by atoms with Gasteiger partial charge in [-0.05, 0) is 43.5 Å². The first-order valence-corrected chi connectivity index (χ1v) is 8.90. The Labute approximate surface area is 156 Å². The molecule has 3 rings (SSSR count). The molecular weight excluding hydrogens is 367 g/mol. The standard InChI is InChI=1S/C18H17Cl3N2O/c1-11(23-8-4-6-12-5-2-3-7-17(12)23)18(24)22-16-10-14(20)13(19)9-15(16)21/h2-3,5,7,9-11H,4,6,8H2,1H3,(H,22,24)/t11-/m0/s1. The summed E-state index contributed by atoms with van der Waals surface area (Å²) in [7, 11) is 0. The largest absolute Gasteiger partial charge is 0.360 e. The molecule has 3 nitrogen and oxygen atoms in total. The van der Waals surface area contributed by atoms with Crippen LogP contribution in [0.4, 0.5) is 11.4 Å². The van der Waals surface area contributed by atoms with Gasteiger partial charge in [-0.15, -0.1) is 0 Å². The third-order valence-electron chi connectivity index (χ3n) is 4.26. The molecule has 6 heteroatoms. The molecule has 1 heterocycles. The summed E-state index contributed by atoms with van der Waals surface area (Å²) in [5.41, 5.74) is 2.86. The minimum atomic E-state index is -0.322. The molecule has 1 atom stereocenters. The first-order valence-electron chi connectivity index (χ1n) is 7.77. The predicted molar refractivity (Wildman–Crippen MR) is 102 cm³/mol. The van der Waals surface area contributed by atoms with Gasteiger partial charge < -0.3 is 10.2 Å². The van der Waals surface area contributed by atoms with Gasteiger partial charge >= 0.3 is 0 Å². The number of nitrogens with zero attached hydrogens (tertiary/aromatic N) is 1. The number of fused-ring (bicyclic) bond motifs is 1. The maximum Gasteiger partial charge on any atom is 0.246 e. The van der Waals surface area contributed by atoms with E-state index < -0.39 is 0 Å². The lowest BCUT2D eigenvalue weighted by Crippen LogP contribution is -2.44. The molecule has 24 heavy (non-hydrogen) atoms. The van der Waals surface area contributed by atoms with Crippen LogP contribution in [0.2, 0.25) is 15.1 Å². The van der Waals surface area contributed by atoms with Crippen LogP contribution in [0.15, 0.2) is 36.4 Å². The van der Waals surface area contributed by atoms with Crippen molar-refractivity contribution in [3.8, 4) is 0 Å². The van der Waals surface area contributed by atoms with Crippen LogP contribution in [0.1, 0.15) is 18.9 Å². The van der Waals surface area contributed by atoms with Crippen LogP contribution in [-0.4, -0.2) is 18.5 Å². The second-order valence-electron chi connectivity index (χ2n) is 5.84. The van der Waals surface area contributed by atoms with Crippen molar-refractivity contribution in [1.82, 2.24) is 0 Å². The van der Waals surface area contributed by atoms with Crippen molar-refractivity contribution in [2.45, 2.75) is 25.8 Å². The maximum absolute atomic E-state index is 12.7. The van der Waals surface area contributed by atoms with E-state index in [1.165, 1.54) is 11.6 Å². The van der Waals surface area contributed by atoms with Gasteiger partial charge in [0.2, 0.25) is 5.91 Å². The average Bonchev–Trinajstić information content (AvgIpc) is 2.58. The number of carbonyl (C=O) groups excluding carboxylic acids is 1. The van der Waals surface area contributed by atoms with Crippen molar-refractivity contribution in [2.75, 3.05) is 16.8 Å². The monoisotopic (exact) mass is 382 g/mol. The average molecular weight is 384 g/mol. The Morgan fingerprint density at radius 1 is 1.12 bits per heavy atom. The number of rotatable bonds is 3. The highest BCUT2D eigenvalue weighted by atomic mass is 35.5. The fourth-order valence-corrected chi connectivity index (χ4v) is 3.56. The zero-order valence-corrected chi connectivity index (χ0v) is 15.4. The van der Waals surface area contributed by atoms with Crippen LogP contribution in [0, 0.1) is 0 Å². The molecule has 1 N–H and O–H groups in total. The van der Waals surface area contributed by atoms with Gasteiger partial charge in [-0.2, -0.15) is 0 Å². The van der Waals surface area contributed by atoms with E-state index in [4.69, 9.17) is 34.8 Å². The molecule has 0 saturated heterocycles. The number of halogens is 3. The SMILES string of the molecule is C[C@@H](C(=O)Nc1cc(Cl)c(Cl)cc1Cl)N1CCCc2ccccc21. The molecule has 0 saturated carbocycles. The normalized spacial score (nSPS) is 14.9. The van der Waals surface area contributed by atoms with Gasteiger partial charge in [-0.3, -0.25) is 4.79 Å². The minimum absolute atomic E-state index is 0.132. The highest BCUT2D eigenvalue weighted by Crippen LogP contribution is 2.33. The minimum Gasteiger partial charge on any atom is -0.360 e. The Morgan fingerprint density at radius 3 is 2.62 bits per heavy atom. The van der Waals surface area contributed by atoms with Gasteiger partial charge in [0.25, 0.3) is 0 Å². The third kappa shape index (κ3) is 3.49. The Bertz CT molecular complexity index is 779. The molecule has 0 aliphatic carbocycles. The van der Waals surface area contributed by atoms with Crippen LogP contribution in [0.3, 0.4) is 0 Å². The molecule has 0 fully saturated rings. The van der Waals surface area contributed by atoms with E-state index in [2.05, 4.69) is 22.3 Å². The zero-order valence-electron chi connectivity index (χ0n) is 13.2. The molecule has 1 aliphatic rings. The van der Waals surface area contributed by atoms with Gasteiger partial charge in [-0.25, -0.2) is 0 Å². The molecule has 0 radical (unpaired) electrons. The highest BCUT2D eigenvalue weighted by Gasteiger charge is 2.26. The smallest absolute Gasteiger partial charge is 0.246 e. The van der Waals surface area contributed by atoms with Crippen LogP contribution in [-0.2, 0) is 11.2 Å². The fraction of sp³-hybridized carbons (Fsp3) is 0.278. The number of carbonyl (C=O) groups is 1. The molecular formula is C18H17Cl3N2O. The zero-order chi connectivity index (χ0) is 17.3. The summed E-state index contributed by atoms with van der Waals surface area (Å²) in [5.74, 6) is -0.132. The summed E-state index contributed by atoms with van der Waals surface area (Å²) in [5, 5.41) is 3.93. The number of benzene rings is 2. The summed E-state index contributed by atoms with van der Waals surface area (Å²) in [4.78, 5) is 14.8. The Balaban J connectivity index is 1.80. The number of anilines is 2. The first-order chi connectivity index (χ1) is 11.5. The van der Waals surface area contributed by atoms with Crippen molar-refractivity contribution < 1.29 is 4.79 Å². The number of nitrogens with one attached hydrogen (secondary N) is 1. The second-order valence-corrected chi connectivity index (χ2v) is 7.06. The van der Waals surface area contributed by atoms with E-state index in [-0.39, 0.29) is 11.9 Å². The van der Waals surface area contributed by atoms with E-state index >= 15 is 0 Å². The van der Waals surface area contributed by atoms with E-state index in [1.807, 2.05) is 19.1 Å². The van der Waals surface area contributed by atoms with Crippen molar-refractivity contribution in [3.05, 3.63) is 57.0 Å².